The van der Waals surface area contributed by atoms with Gasteiger partial charge in [0.2, 0.25) is 0 Å². The maximum absolute atomic E-state index is 5.04. The molecule has 0 fully saturated rings. The molecule has 3 rings (SSSR count). The summed E-state index contributed by atoms with van der Waals surface area (Å²) in [5.74, 6) is 0.862. The number of nitrogens with one attached hydrogen (secondary N) is 2. The lowest BCUT2D eigenvalue weighted by Crippen LogP contribution is -2.42. The number of hydrogen-bond acceptors (Lipinski definition) is 4. The van der Waals surface area contributed by atoms with E-state index in [1.807, 2.05) is 12.1 Å². The van der Waals surface area contributed by atoms with Crippen LogP contribution in [-0.4, -0.2) is 12.5 Å². The molecular formula is C15H17N3O. The van der Waals surface area contributed by atoms with Crippen molar-refractivity contribution in [2.24, 2.45) is 4.99 Å². The molecule has 0 radical (unpaired) electrons. The highest BCUT2D eigenvalue weighted by Gasteiger charge is 2.16. The molecule has 1 aromatic heterocycles. The standard InChI is InChI=1S/C15H17N3O/c1-2-4-13(5-3-1)14-6-8-16-15(18-14)17-10-12-7-9-19-11-12/h1-5,7,9,11,14H,6,8,10H2,(H2,16,17,18). The molecule has 1 aliphatic rings. The Morgan fingerprint density at radius 2 is 2.16 bits per heavy atom. The van der Waals surface area contributed by atoms with Gasteiger partial charge in [0.1, 0.15) is 0 Å². The first kappa shape index (κ1) is 11.8. The van der Waals surface area contributed by atoms with Crippen LogP contribution in [0.5, 0.6) is 0 Å². The first-order valence-corrected chi connectivity index (χ1v) is 6.53. The molecule has 2 N–H and O–H groups in total. The van der Waals surface area contributed by atoms with Crippen LogP contribution in [0.4, 0.5) is 0 Å². The summed E-state index contributed by atoms with van der Waals surface area (Å²) < 4.78 is 5.04. The smallest absolute Gasteiger partial charge is 0.192 e. The van der Waals surface area contributed by atoms with Crippen molar-refractivity contribution >= 4 is 5.96 Å². The fraction of sp³-hybridized carbons (Fsp3) is 0.267. The third-order valence-electron chi connectivity index (χ3n) is 3.24. The third kappa shape index (κ3) is 2.96. The van der Waals surface area contributed by atoms with E-state index in [2.05, 4.69) is 39.9 Å². The molecule has 0 saturated heterocycles. The minimum Gasteiger partial charge on any atom is -0.472 e. The van der Waals surface area contributed by atoms with Crippen LogP contribution in [0.25, 0.3) is 0 Å². The first-order valence-electron chi connectivity index (χ1n) is 6.53. The van der Waals surface area contributed by atoms with Gasteiger partial charge >= 0.3 is 0 Å². The van der Waals surface area contributed by atoms with Crippen molar-refractivity contribution in [3.05, 3.63) is 60.1 Å². The van der Waals surface area contributed by atoms with Crippen molar-refractivity contribution in [1.82, 2.24) is 10.6 Å². The average molecular weight is 255 g/mol. The maximum Gasteiger partial charge on any atom is 0.192 e. The second-order valence-corrected chi connectivity index (χ2v) is 4.61. The van der Waals surface area contributed by atoms with Crippen molar-refractivity contribution in [3.8, 4) is 0 Å². The topological polar surface area (TPSA) is 49.6 Å². The van der Waals surface area contributed by atoms with E-state index in [0.717, 1.165) is 31.0 Å². The summed E-state index contributed by atoms with van der Waals surface area (Å²) in [6, 6.07) is 12.8. The van der Waals surface area contributed by atoms with Gasteiger partial charge in [0, 0.05) is 18.7 Å². The van der Waals surface area contributed by atoms with E-state index < -0.39 is 0 Å². The van der Waals surface area contributed by atoms with Crippen LogP contribution in [0, 0.1) is 0 Å². The van der Waals surface area contributed by atoms with Crippen LogP contribution in [0.3, 0.4) is 0 Å². The van der Waals surface area contributed by atoms with E-state index in [4.69, 9.17) is 4.42 Å². The summed E-state index contributed by atoms with van der Waals surface area (Å²) in [5.41, 5.74) is 2.42. The lowest BCUT2D eigenvalue weighted by molar-refractivity contribution is 0.551. The molecule has 0 aliphatic carbocycles. The highest BCUT2D eigenvalue weighted by Crippen LogP contribution is 2.18. The molecule has 1 aromatic carbocycles. The molecular weight excluding hydrogens is 238 g/mol. The molecule has 0 bridgehead atoms. The Hall–Kier alpha value is -2.23. The molecule has 0 amide bonds. The van der Waals surface area contributed by atoms with E-state index in [1.165, 1.54) is 5.56 Å². The van der Waals surface area contributed by atoms with Crippen LogP contribution in [0.2, 0.25) is 0 Å². The fourth-order valence-corrected chi connectivity index (χ4v) is 2.21. The van der Waals surface area contributed by atoms with Gasteiger partial charge in [-0.25, -0.2) is 0 Å². The highest BCUT2D eigenvalue weighted by atomic mass is 16.3. The number of hydrogen-bond donors (Lipinski definition) is 2. The second-order valence-electron chi connectivity index (χ2n) is 4.61. The van der Waals surface area contributed by atoms with Crippen LogP contribution in [-0.2, 0) is 6.54 Å². The lowest BCUT2D eigenvalue weighted by atomic mass is 10.0. The van der Waals surface area contributed by atoms with Crippen LogP contribution < -0.4 is 10.6 Å². The quantitative estimate of drug-likeness (QED) is 0.885. The predicted molar refractivity (Wildman–Crippen MR) is 74.8 cm³/mol. The normalized spacial score (nSPS) is 18.5. The van der Waals surface area contributed by atoms with Crippen molar-refractivity contribution in [1.29, 1.82) is 0 Å². The molecule has 2 heterocycles. The van der Waals surface area contributed by atoms with Gasteiger partial charge in [0.25, 0.3) is 0 Å². The molecule has 19 heavy (non-hydrogen) atoms. The molecule has 4 nitrogen and oxygen atoms in total. The number of rotatable bonds is 3. The molecule has 1 atom stereocenters. The fourth-order valence-electron chi connectivity index (χ4n) is 2.21. The summed E-state index contributed by atoms with van der Waals surface area (Å²) in [4.78, 5) is 4.47. The van der Waals surface area contributed by atoms with Gasteiger partial charge in [-0.15, -0.1) is 0 Å². The zero-order valence-electron chi connectivity index (χ0n) is 10.7. The summed E-state index contributed by atoms with van der Waals surface area (Å²) in [6.45, 7) is 1.57. The Balaban J connectivity index is 1.60. The Labute approximate surface area is 112 Å². The van der Waals surface area contributed by atoms with Crippen LogP contribution in [0.1, 0.15) is 23.6 Å². The molecule has 0 spiro atoms. The zero-order chi connectivity index (χ0) is 12.9. The van der Waals surface area contributed by atoms with Gasteiger partial charge < -0.3 is 15.1 Å². The Bertz CT molecular complexity index is 534. The predicted octanol–water partition coefficient (Wildman–Crippen LogP) is 2.46. The Morgan fingerprint density at radius 3 is 2.95 bits per heavy atom. The largest absolute Gasteiger partial charge is 0.472 e. The van der Waals surface area contributed by atoms with Crippen LogP contribution in [0.15, 0.2) is 58.3 Å². The van der Waals surface area contributed by atoms with Crippen molar-refractivity contribution in [2.75, 3.05) is 6.54 Å². The van der Waals surface area contributed by atoms with Gasteiger partial charge in [-0.3, -0.25) is 4.99 Å². The Kier molecular flexibility index (Phi) is 3.49. The minimum atomic E-state index is 0.338. The maximum atomic E-state index is 5.04. The van der Waals surface area contributed by atoms with E-state index in [9.17, 15) is 0 Å². The SMILES string of the molecule is c1ccc(C2CCN=C(NCc3ccoc3)N2)cc1. The van der Waals surface area contributed by atoms with E-state index in [-0.39, 0.29) is 0 Å². The lowest BCUT2D eigenvalue weighted by Gasteiger charge is -2.25. The molecule has 4 heteroatoms. The number of nitrogens with zero attached hydrogens (tertiary/aromatic N) is 1. The average Bonchev–Trinajstić information content (AvgIpc) is 3.00. The van der Waals surface area contributed by atoms with Gasteiger partial charge in [0.05, 0.1) is 18.6 Å². The van der Waals surface area contributed by atoms with Crippen molar-refractivity contribution in [2.45, 2.75) is 19.0 Å². The zero-order valence-corrected chi connectivity index (χ0v) is 10.7. The number of benzene rings is 1. The van der Waals surface area contributed by atoms with Crippen molar-refractivity contribution in [3.63, 3.8) is 0 Å². The monoisotopic (exact) mass is 255 g/mol. The number of aliphatic imine (C=N–C) groups is 1. The minimum absolute atomic E-state index is 0.338. The molecule has 1 aliphatic heterocycles. The summed E-state index contributed by atoms with van der Waals surface area (Å²) in [7, 11) is 0. The molecule has 2 aromatic rings. The Morgan fingerprint density at radius 1 is 1.26 bits per heavy atom. The summed E-state index contributed by atoms with van der Waals surface area (Å²) >= 11 is 0. The number of furan rings is 1. The van der Waals surface area contributed by atoms with Gasteiger partial charge in [-0.1, -0.05) is 30.3 Å². The molecule has 98 valence electrons. The molecule has 0 saturated carbocycles. The van der Waals surface area contributed by atoms with Crippen molar-refractivity contribution < 1.29 is 4.42 Å². The second kappa shape index (κ2) is 5.61. The van der Waals surface area contributed by atoms with E-state index in [1.54, 1.807) is 12.5 Å². The van der Waals surface area contributed by atoms with Crippen LogP contribution >= 0.6 is 0 Å². The van der Waals surface area contributed by atoms with Gasteiger partial charge in [-0.05, 0) is 18.1 Å². The first-order chi connectivity index (χ1) is 9.42. The van der Waals surface area contributed by atoms with Gasteiger partial charge in [0.15, 0.2) is 5.96 Å². The highest BCUT2D eigenvalue weighted by molar-refractivity contribution is 5.80. The molecule has 1 unspecified atom stereocenters. The third-order valence-corrected chi connectivity index (χ3v) is 3.24. The van der Waals surface area contributed by atoms with E-state index >= 15 is 0 Å². The summed E-state index contributed by atoms with van der Waals surface area (Å²) in [6.07, 6.45) is 4.45. The van der Waals surface area contributed by atoms with E-state index in [0.29, 0.717) is 6.04 Å². The van der Waals surface area contributed by atoms with Gasteiger partial charge in [-0.2, -0.15) is 0 Å². The summed E-state index contributed by atoms with van der Waals surface area (Å²) in [5, 5.41) is 6.74. The number of guanidine groups is 1.